The lowest BCUT2D eigenvalue weighted by molar-refractivity contribution is 0.100. The van der Waals surface area contributed by atoms with Gasteiger partial charge in [-0.25, -0.2) is 0 Å². The fourth-order valence-electron chi connectivity index (χ4n) is 1.56. The standard InChI is InChI=1S/C10H7ClN4O/c1-5-2-6-3-7(10(16)14-15-12)8(11)4-9(6)13-5/h2-4,13H,1H3. The molecule has 0 saturated heterocycles. The van der Waals surface area contributed by atoms with Gasteiger partial charge in [0.05, 0.1) is 5.02 Å². The van der Waals surface area contributed by atoms with E-state index in [0.717, 1.165) is 16.6 Å². The summed E-state index contributed by atoms with van der Waals surface area (Å²) in [4.78, 5) is 16.9. The molecule has 1 heterocycles. The number of carbonyl (C=O) groups is 1. The van der Waals surface area contributed by atoms with Gasteiger partial charge in [0.15, 0.2) is 0 Å². The van der Waals surface area contributed by atoms with E-state index < -0.39 is 5.91 Å². The second kappa shape index (κ2) is 3.89. The maximum Gasteiger partial charge on any atom is 0.250 e. The molecule has 0 radical (unpaired) electrons. The summed E-state index contributed by atoms with van der Waals surface area (Å²) >= 11 is 5.92. The number of halogens is 1. The van der Waals surface area contributed by atoms with Crippen molar-refractivity contribution < 1.29 is 4.79 Å². The first kappa shape index (κ1) is 10.5. The molecule has 0 unspecified atom stereocenters. The molecule has 6 heteroatoms. The van der Waals surface area contributed by atoms with E-state index in [2.05, 4.69) is 15.0 Å². The number of amides is 1. The van der Waals surface area contributed by atoms with Crippen LogP contribution < -0.4 is 0 Å². The van der Waals surface area contributed by atoms with E-state index in [9.17, 15) is 4.79 Å². The van der Waals surface area contributed by atoms with E-state index in [0.29, 0.717) is 0 Å². The lowest BCUT2D eigenvalue weighted by atomic mass is 10.1. The number of carbonyl (C=O) groups excluding carboxylic acids is 1. The Kier molecular flexibility index (Phi) is 2.56. The van der Waals surface area contributed by atoms with E-state index in [4.69, 9.17) is 17.1 Å². The molecule has 0 spiro atoms. The molecule has 80 valence electrons. The summed E-state index contributed by atoms with van der Waals surface area (Å²) in [6, 6.07) is 5.14. The van der Waals surface area contributed by atoms with Crippen LogP contribution in [0.15, 0.2) is 23.3 Å². The van der Waals surface area contributed by atoms with Gasteiger partial charge in [0.1, 0.15) is 0 Å². The largest absolute Gasteiger partial charge is 0.359 e. The zero-order valence-electron chi connectivity index (χ0n) is 8.36. The van der Waals surface area contributed by atoms with Crippen LogP contribution in [0.3, 0.4) is 0 Å². The van der Waals surface area contributed by atoms with Crippen LogP contribution in [0.25, 0.3) is 21.3 Å². The minimum atomic E-state index is -0.673. The van der Waals surface area contributed by atoms with Gasteiger partial charge in [0.2, 0.25) is 0 Å². The maximum absolute atomic E-state index is 11.4. The Morgan fingerprint density at radius 1 is 1.50 bits per heavy atom. The summed E-state index contributed by atoms with van der Waals surface area (Å²) in [5.41, 5.74) is 10.2. The number of nitrogens with zero attached hydrogens (tertiary/aromatic N) is 3. The molecule has 0 bridgehead atoms. The minimum Gasteiger partial charge on any atom is -0.359 e. The number of aryl methyl sites for hydroxylation is 1. The van der Waals surface area contributed by atoms with Crippen LogP contribution in [0.2, 0.25) is 5.02 Å². The Bertz CT molecular complexity index is 625. The number of fused-ring (bicyclic) bond motifs is 1. The molecule has 1 aromatic heterocycles. The Hall–Kier alpha value is -1.97. The second-order valence-electron chi connectivity index (χ2n) is 3.37. The Morgan fingerprint density at radius 2 is 2.25 bits per heavy atom. The normalized spacial score (nSPS) is 10.1. The summed E-state index contributed by atoms with van der Waals surface area (Å²) in [7, 11) is 0. The van der Waals surface area contributed by atoms with Crippen LogP contribution in [0.5, 0.6) is 0 Å². The second-order valence-corrected chi connectivity index (χ2v) is 3.77. The third-order valence-electron chi connectivity index (χ3n) is 2.21. The molecule has 16 heavy (non-hydrogen) atoms. The first-order chi connectivity index (χ1) is 7.61. The Morgan fingerprint density at radius 3 is 2.94 bits per heavy atom. The molecule has 0 aliphatic rings. The van der Waals surface area contributed by atoms with Crippen molar-refractivity contribution in [1.82, 2.24) is 4.98 Å². The van der Waals surface area contributed by atoms with E-state index in [1.165, 1.54) is 0 Å². The number of azide groups is 1. The average molecular weight is 235 g/mol. The molecule has 1 aromatic carbocycles. The molecular formula is C10H7ClN4O. The molecular weight excluding hydrogens is 228 g/mol. The van der Waals surface area contributed by atoms with Crippen LogP contribution in [-0.2, 0) is 0 Å². The maximum atomic E-state index is 11.4. The fraction of sp³-hybridized carbons (Fsp3) is 0.100. The number of hydrogen-bond acceptors (Lipinski definition) is 1. The van der Waals surface area contributed by atoms with Crippen molar-refractivity contribution >= 4 is 28.4 Å². The van der Waals surface area contributed by atoms with Crippen molar-refractivity contribution in [3.63, 3.8) is 0 Å². The molecule has 0 atom stereocenters. The van der Waals surface area contributed by atoms with E-state index in [-0.39, 0.29) is 10.6 Å². The summed E-state index contributed by atoms with van der Waals surface area (Å²) in [5, 5.41) is 4.15. The van der Waals surface area contributed by atoms with Gasteiger partial charge in [0.25, 0.3) is 5.91 Å². The van der Waals surface area contributed by atoms with Crippen LogP contribution in [0.4, 0.5) is 0 Å². The first-order valence-electron chi connectivity index (χ1n) is 4.50. The summed E-state index contributed by atoms with van der Waals surface area (Å²) in [6.07, 6.45) is 0. The highest BCUT2D eigenvalue weighted by Crippen LogP contribution is 2.25. The first-order valence-corrected chi connectivity index (χ1v) is 4.88. The SMILES string of the molecule is Cc1cc2cc(C(=O)N=[N+]=[N-])c(Cl)cc2[nH]1. The number of benzene rings is 1. The van der Waals surface area contributed by atoms with Crippen molar-refractivity contribution in [3.8, 4) is 0 Å². The zero-order valence-corrected chi connectivity index (χ0v) is 9.12. The van der Waals surface area contributed by atoms with Gasteiger partial charge in [0, 0.05) is 27.1 Å². The highest BCUT2D eigenvalue weighted by molar-refractivity contribution is 6.34. The fourth-order valence-corrected chi connectivity index (χ4v) is 1.80. The van der Waals surface area contributed by atoms with Crippen molar-refractivity contribution in [3.05, 3.63) is 44.9 Å². The third kappa shape index (κ3) is 1.74. The molecule has 0 aliphatic heterocycles. The molecule has 0 aliphatic carbocycles. The smallest absolute Gasteiger partial charge is 0.250 e. The van der Waals surface area contributed by atoms with Gasteiger partial charge in [-0.1, -0.05) is 11.6 Å². The highest BCUT2D eigenvalue weighted by atomic mass is 35.5. The number of hydrogen-bond donors (Lipinski definition) is 1. The molecule has 0 fully saturated rings. The van der Waals surface area contributed by atoms with Crippen molar-refractivity contribution in [2.24, 2.45) is 5.11 Å². The quantitative estimate of drug-likeness (QED) is 0.457. The predicted molar refractivity (Wildman–Crippen MR) is 61.5 cm³/mol. The summed E-state index contributed by atoms with van der Waals surface area (Å²) in [5.74, 6) is -0.673. The minimum absolute atomic E-state index is 0.214. The molecule has 2 rings (SSSR count). The van der Waals surface area contributed by atoms with Crippen molar-refractivity contribution in [1.29, 1.82) is 0 Å². The van der Waals surface area contributed by atoms with E-state index >= 15 is 0 Å². The van der Waals surface area contributed by atoms with Crippen LogP contribution in [0.1, 0.15) is 16.1 Å². The van der Waals surface area contributed by atoms with Crippen LogP contribution >= 0.6 is 11.6 Å². The number of aromatic nitrogens is 1. The average Bonchev–Trinajstić information content (AvgIpc) is 2.56. The predicted octanol–water partition coefficient (Wildman–Crippen LogP) is 3.58. The molecule has 1 N–H and O–H groups in total. The van der Waals surface area contributed by atoms with Gasteiger partial charge >= 0.3 is 0 Å². The van der Waals surface area contributed by atoms with Crippen LogP contribution in [-0.4, -0.2) is 10.9 Å². The monoisotopic (exact) mass is 234 g/mol. The Balaban J connectivity index is 2.66. The molecule has 1 amide bonds. The van der Waals surface area contributed by atoms with Gasteiger partial charge in [-0.05, 0) is 35.8 Å². The molecule has 0 saturated carbocycles. The van der Waals surface area contributed by atoms with E-state index in [1.807, 2.05) is 13.0 Å². The van der Waals surface area contributed by atoms with E-state index in [1.54, 1.807) is 12.1 Å². The molecule has 2 aromatic rings. The number of nitrogens with one attached hydrogen (secondary N) is 1. The van der Waals surface area contributed by atoms with Gasteiger partial charge in [-0.15, -0.1) is 0 Å². The van der Waals surface area contributed by atoms with Crippen LogP contribution in [0, 0.1) is 6.92 Å². The van der Waals surface area contributed by atoms with Crippen molar-refractivity contribution in [2.45, 2.75) is 6.92 Å². The third-order valence-corrected chi connectivity index (χ3v) is 2.52. The van der Waals surface area contributed by atoms with Gasteiger partial charge in [-0.3, -0.25) is 4.79 Å². The number of H-pyrrole nitrogens is 1. The lowest BCUT2D eigenvalue weighted by Crippen LogP contribution is -1.94. The van der Waals surface area contributed by atoms with Crippen molar-refractivity contribution in [2.75, 3.05) is 0 Å². The lowest BCUT2D eigenvalue weighted by Gasteiger charge is -1.99. The Labute approximate surface area is 95.7 Å². The number of aromatic amines is 1. The van der Waals surface area contributed by atoms with Gasteiger partial charge < -0.3 is 4.98 Å². The summed E-state index contributed by atoms with van der Waals surface area (Å²) in [6.45, 7) is 1.91. The number of rotatable bonds is 1. The molecule has 5 nitrogen and oxygen atoms in total. The zero-order chi connectivity index (χ0) is 11.7. The topological polar surface area (TPSA) is 81.6 Å². The van der Waals surface area contributed by atoms with Gasteiger partial charge in [-0.2, -0.15) is 0 Å². The summed E-state index contributed by atoms with van der Waals surface area (Å²) < 4.78 is 0. The highest BCUT2D eigenvalue weighted by Gasteiger charge is 2.10.